The summed E-state index contributed by atoms with van der Waals surface area (Å²) < 4.78 is 8.38. The first kappa shape index (κ1) is 16.5. The van der Waals surface area contributed by atoms with Gasteiger partial charge in [0, 0.05) is 30.9 Å². The molecule has 1 aromatic heterocycles. The molecule has 3 aromatic rings. The summed E-state index contributed by atoms with van der Waals surface area (Å²) in [6.45, 7) is 0.224. The molecule has 0 aliphatic carbocycles. The summed E-state index contributed by atoms with van der Waals surface area (Å²) in [5.74, 6) is 0.769. The van der Waals surface area contributed by atoms with Gasteiger partial charge in [-0.3, -0.25) is 0 Å². The fourth-order valence-corrected chi connectivity index (χ4v) is 2.78. The van der Waals surface area contributed by atoms with Crippen molar-refractivity contribution < 1.29 is 9.84 Å². The molecule has 1 heterocycles. The van der Waals surface area contributed by atoms with Crippen LogP contribution in [0.25, 0.3) is 11.1 Å². The first-order valence-electron chi connectivity index (χ1n) is 7.83. The second-order valence-corrected chi connectivity index (χ2v) is 6.06. The third-order valence-electron chi connectivity index (χ3n) is 3.95. The van der Waals surface area contributed by atoms with E-state index in [1.807, 2.05) is 72.4 Å². The van der Waals surface area contributed by atoms with E-state index in [1.54, 1.807) is 0 Å². The summed E-state index contributed by atoms with van der Waals surface area (Å²) >= 11 is 5.13. The summed E-state index contributed by atoms with van der Waals surface area (Å²) in [7, 11) is 1.88. The van der Waals surface area contributed by atoms with Crippen molar-refractivity contribution in [2.75, 3.05) is 6.61 Å². The molecule has 0 amide bonds. The third-order valence-corrected chi connectivity index (χ3v) is 4.34. The molecule has 24 heavy (non-hydrogen) atoms. The van der Waals surface area contributed by atoms with E-state index < -0.39 is 6.10 Å². The Hall–Kier alpha value is -2.37. The summed E-state index contributed by atoms with van der Waals surface area (Å²) in [6.07, 6.45) is 1.70. The minimum atomic E-state index is -0.606. The molecule has 0 aliphatic heterocycles. The topological polar surface area (TPSA) is 50.2 Å². The van der Waals surface area contributed by atoms with E-state index in [9.17, 15) is 5.11 Å². The molecule has 4 nitrogen and oxygen atoms in total. The summed E-state index contributed by atoms with van der Waals surface area (Å²) in [5, 5.41) is 10.3. The number of nitrogens with zero attached hydrogens (tertiary/aromatic N) is 1. The number of para-hydroxylation sites is 1. The number of hydrogen-bond acceptors (Lipinski definition) is 3. The number of hydrogen-bond donors (Lipinski definition) is 2. The lowest BCUT2D eigenvalue weighted by atomic mass is 10.0. The average molecular weight is 340 g/mol. The molecular weight excluding hydrogens is 320 g/mol. The normalized spacial score (nSPS) is 12.1. The Kier molecular flexibility index (Phi) is 5.13. The molecule has 124 valence electrons. The van der Waals surface area contributed by atoms with Crippen molar-refractivity contribution in [1.29, 1.82) is 0 Å². The van der Waals surface area contributed by atoms with Crippen LogP contribution < -0.4 is 4.74 Å². The third kappa shape index (κ3) is 3.75. The van der Waals surface area contributed by atoms with Crippen molar-refractivity contribution in [2.45, 2.75) is 12.5 Å². The molecular formula is C19H20N2O2S. The Bertz CT molecular complexity index is 855. The molecule has 0 saturated heterocycles. The summed E-state index contributed by atoms with van der Waals surface area (Å²) in [6, 6.07) is 17.9. The van der Waals surface area contributed by atoms with E-state index in [-0.39, 0.29) is 6.61 Å². The number of aromatic nitrogens is 2. The molecule has 0 saturated carbocycles. The molecule has 0 bridgehead atoms. The highest BCUT2D eigenvalue weighted by molar-refractivity contribution is 7.71. The minimum Gasteiger partial charge on any atom is -0.490 e. The monoisotopic (exact) mass is 340 g/mol. The Morgan fingerprint density at radius 3 is 2.54 bits per heavy atom. The maximum atomic E-state index is 10.3. The zero-order valence-corrected chi connectivity index (χ0v) is 14.3. The van der Waals surface area contributed by atoms with Crippen molar-refractivity contribution in [3.63, 3.8) is 0 Å². The molecule has 3 rings (SSSR count). The lowest BCUT2D eigenvalue weighted by Crippen LogP contribution is -2.21. The van der Waals surface area contributed by atoms with Crippen molar-refractivity contribution in [3.8, 4) is 16.9 Å². The van der Waals surface area contributed by atoms with Crippen LogP contribution in [0.5, 0.6) is 5.75 Å². The van der Waals surface area contributed by atoms with E-state index in [4.69, 9.17) is 17.0 Å². The molecule has 0 aliphatic rings. The lowest BCUT2D eigenvalue weighted by molar-refractivity contribution is 0.106. The number of aromatic amines is 1. The fraction of sp³-hybridized carbons (Fsp3) is 0.211. The number of benzene rings is 2. The molecule has 2 N–H and O–H groups in total. The van der Waals surface area contributed by atoms with Crippen molar-refractivity contribution in [3.05, 3.63) is 71.3 Å². The number of aliphatic hydroxyl groups excluding tert-OH is 1. The van der Waals surface area contributed by atoms with Gasteiger partial charge in [-0.25, -0.2) is 0 Å². The first-order chi connectivity index (χ1) is 11.6. The van der Waals surface area contributed by atoms with Gasteiger partial charge in [-0.2, -0.15) is 0 Å². The maximum absolute atomic E-state index is 10.3. The lowest BCUT2D eigenvalue weighted by Gasteiger charge is -2.15. The van der Waals surface area contributed by atoms with E-state index in [0.717, 1.165) is 22.6 Å². The quantitative estimate of drug-likeness (QED) is 0.672. The van der Waals surface area contributed by atoms with Crippen LogP contribution in [0.4, 0.5) is 0 Å². The van der Waals surface area contributed by atoms with Crippen LogP contribution in [0.2, 0.25) is 0 Å². The van der Waals surface area contributed by atoms with Crippen LogP contribution >= 0.6 is 12.2 Å². The standard InChI is InChI=1S/C19H20N2O2S/c1-21-15(12-20-19(21)24)11-16(22)13-23-18-10-6-5-9-17(18)14-7-3-2-4-8-14/h2-10,12,16,22H,11,13H2,1H3,(H,20,24). The Morgan fingerprint density at radius 1 is 1.12 bits per heavy atom. The van der Waals surface area contributed by atoms with Gasteiger partial charge in [0.15, 0.2) is 4.77 Å². The summed E-state index contributed by atoms with van der Waals surface area (Å²) in [5.41, 5.74) is 3.06. The van der Waals surface area contributed by atoms with Crippen LogP contribution in [0.15, 0.2) is 60.8 Å². The zero-order valence-electron chi connectivity index (χ0n) is 13.5. The van der Waals surface area contributed by atoms with Gasteiger partial charge in [0.2, 0.25) is 0 Å². The van der Waals surface area contributed by atoms with Gasteiger partial charge in [-0.1, -0.05) is 48.5 Å². The van der Waals surface area contributed by atoms with Crippen LogP contribution in [0, 0.1) is 4.77 Å². The van der Waals surface area contributed by atoms with Crippen molar-refractivity contribution >= 4 is 12.2 Å². The second kappa shape index (κ2) is 7.47. The van der Waals surface area contributed by atoms with Gasteiger partial charge in [0.1, 0.15) is 12.4 Å². The SMILES string of the molecule is Cn1c(CC(O)COc2ccccc2-c2ccccc2)c[nH]c1=S. The Labute approximate surface area is 146 Å². The molecule has 0 spiro atoms. The summed E-state index contributed by atoms with van der Waals surface area (Å²) in [4.78, 5) is 2.97. The molecule has 2 aromatic carbocycles. The number of imidazole rings is 1. The molecule has 1 unspecified atom stereocenters. The van der Waals surface area contributed by atoms with Crippen molar-refractivity contribution in [1.82, 2.24) is 9.55 Å². The number of H-pyrrole nitrogens is 1. The second-order valence-electron chi connectivity index (χ2n) is 5.68. The van der Waals surface area contributed by atoms with E-state index in [0.29, 0.717) is 11.2 Å². The van der Waals surface area contributed by atoms with Gasteiger partial charge in [0.25, 0.3) is 0 Å². The van der Waals surface area contributed by atoms with Gasteiger partial charge in [-0.05, 0) is 23.8 Å². The predicted octanol–water partition coefficient (Wildman–Crippen LogP) is 3.73. The number of nitrogens with one attached hydrogen (secondary N) is 1. The van der Waals surface area contributed by atoms with E-state index in [1.165, 1.54) is 0 Å². The highest BCUT2D eigenvalue weighted by Crippen LogP contribution is 2.29. The Balaban J connectivity index is 1.69. The Morgan fingerprint density at radius 2 is 1.83 bits per heavy atom. The number of rotatable bonds is 6. The zero-order chi connectivity index (χ0) is 16.9. The van der Waals surface area contributed by atoms with Crippen LogP contribution in [-0.4, -0.2) is 27.4 Å². The van der Waals surface area contributed by atoms with Gasteiger partial charge < -0.3 is 19.4 Å². The van der Waals surface area contributed by atoms with Gasteiger partial charge in [-0.15, -0.1) is 0 Å². The highest BCUT2D eigenvalue weighted by atomic mass is 32.1. The first-order valence-corrected chi connectivity index (χ1v) is 8.24. The van der Waals surface area contributed by atoms with Gasteiger partial charge >= 0.3 is 0 Å². The fourth-order valence-electron chi connectivity index (χ4n) is 2.60. The maximum Gasteiger partial charge on any atom is 0.177 e. The van der Waals surface area contributed by atoms with E-state index in [2.05, 4.69) is 4.98 Å². The largest absolute Gasteiger partial charge is 0.490 e. The molecule has 0 fully saturated rings. The van der Waals surface area contributed by atoms with Crippen LogP contribution in [0.1, 0.15) is 5.69 Å². The number of aliphatic hydroxyl groups is 1. The minimum absolute atomic E-state index is 0.224. The van der Waals surface area contributed by atoms with Crippen LogP contribution in [-0.2, 0) is 13.5 Å². The average Bonchev–Trinajstić information content (AvgIpc) is 2.93. The molecule has 0 radical (unpaired) electrons. The highest BCUT2D eigenvalue weighted by Gasteiger charge is 2.12. The smallest absolute Gasteiger partial charge is 0.177 e. The van der Waals surface area contributed by atoms with Crippen LogP contribution in [0.3, 0.4) is 0 Å². The number of ether oxygens (including phenoxy) is 1. The molecule has 1 atom stereocenters. The van der Waals surface area contributed by atoms with E-state index >= 15 is 0 Å². The molecule has 5 heteroatoms. The van der Waals surface area contributed by atoms with Crippen molar-refractivity contribution in [2.24, 2.45) is 7.05 Å². The van der Waals surface area contributed by atoms with Gasteiger partial charge in [0.05, 0.1) is 6.10 Å². The predicted molar refractivity (Wildman–Crippen MR) is 97.7 cm³/mol.